The average molecular weight is 194 g/mol. The highest BCUT2D eigenvalue weighted by Crippen LogP contribution is 2.12. The molecule has 0 atom stereocenters. The van der Waals surface area contributed by atoms with Crippen LogP contribution < -0.4 is 11.1 Å². The second-order valence-corrected chi connectivity index (χ2v) is 2.57. The lowest BCUT2D eigenvalue weighted by Crippen LogP contribution is -2.22. The summed E-state index contributed by atoms with van der Waals surface area (Å²) in [5, 5.41) is 2.70. The van der Waals surface area contributed by atoms with Crippen molar-refractivity contribution >= 4 is 11.6 Å². The van der Waals surface area contributed by atoms with E-state index in [1.54, 1.807) is 0 Å². The second-order valence-electron chi connectivity index (χ2n) is 2.57. The van der Waals surface area contributed by atoms with Crippen LogP contribution in [0.25, 0.3) is 0 Å². The molecule has 0 spiro atoms. The molecule has 0 saturated carbocycles. The molecular weight excluding hydrogens is 176 g/mol. The number of hydrogen-bond donors (Lipinski definition) is 2. The predicted molar refractivity (Wildman–Crippen MR) is 60.2 cm³/mol. The van der Waals surface area contributed by atoms with E-state index < -0.39 is 0 Å². The fourth-order valence-corrected chi connectivity index (χ4v) is 0.914. The fraction of sp³-hybridized carbons (Fsp3) is 0.364. The maximum Gasteiger partial charge on any atom is 0.238 e. The van der Waals surface area contributed by atoms with Gasteiger partial charge in [-0.1, -0.05) is 32.0 Å². The molecule has 14 heavy (non-hydrogen) atoms. The Kier molecular flexibility index (Phi) is 6.41. The largest absolute Gasteiger partial charge is 0.325 e. The van der Waals surface area contributed by atoms with Crippen molar-refractivity contribution in [1.29, 1.82) is 0 Å². The van der Waals surface area contributed by atoms with Gasteiger partial charge in [0.05, 0.1) is 6.54 Å². The van der Waals surface area contributed by atoms with Crippen LogP contribution in [0.1, 0.15) is 19.4 Å². The van der Waals surface area contributed by atoms with E-state index in [1.807, 2.05) is 45.0 Å². The van der Waals surface area contributed by atoms with Gasteiger partial charge in [-0.2, -0.15) is 0 Å². The van der Waals surface area contributed by atoms with Crippen molar-refractivity contribution in [3.8, 4) is 0 Å². The summed E-state index contributed by atoms with van der Waals surface area (Å²) in [6.45, 7) is 5.96. The summed E-state index contributed by atoms with van der Waals surface area (Å²) in [5.41, 5.74) is 7.03. The SMILES string of the molecule is CC.Cc1ccccc1NC(=O)CN. The van der Waals surface area contributed by atoms with Gasteiger partial charge in [0.15, 0.2) is 0 Å². The fourth-order valence-electron chi connectivity index (χ4n) is 0.914. The number of nitrogens with two attached hydrogens (primary N) is 1. The maximum absolute atomic E-state index is 10.9. The van der Waals surface area contributed by atoms with E-state index in [4.69, 9.17) is 5.73 Å². The van der Waals surface area contributed by atoms with E-state index in [2.05, 4.69) is 5.32 Å². The molecule has 3 heteroatoms. The van der Waals surface area contributed by atoms with Gasteiger partial charge in [-0.3, -0.25) is 4.79 Å². The minimum absolute atomic E-state index is 0.0222. The quantitative estimate of drug-likeness (QED) is 0.755. The number of nitrogens with one attached hydrogen (secondary N) is 1. The van der Waals surface area contributed by atoms with E-state index in [0.717, 1.165) is 11.3 Å². The highest BCUT2D eigenvalue weighted by atomic mass is 16.1. The summed E-state index contributed by atoms with van der Waals surface area (Å²) in [4.78, 5) is 10.9. The van der Waals surface area contributed by atoms with Crippen molar-refractivity contribution in [3.05, 3.63) is 29.8 Å². The second kappa shape index (κ2) is 7.09. The Hall–Kier alpha value is -1.35. The first-order valence-electron chi connectivity index (χ1n) is 4.79. The third kappa shape index (κ3) is 4.05. The number of amides is 1. The Bertz CT molecular complexity index is 284. The standard InChI is InChI=1S/C9H12N2O.C2H6/c1-7-4-2-3-5-8(7)11-9(12)6-10;1-2/h2-5H,6,10H2,1H3,(H,11,12);1-2H3. The van der Waals surface area contributed by atoms with Gasteiger partial charge < -0.3 is 11.1 Å². The van der Waals surface area contributed by atoms with E-state index >= 15 is 0 Å². The average Bonchev–Trinajstić information content (AvgIpc) is 2.24. The molecule has 1 rings (SSSR count). The molecule has 0 aliphatic heterocycles. The van der Waals surface area contributed by atoms with E-state index in [-0.39, 0.29) is 12.5 Å². The number of benzene rings is 1. The van der Waals surface area contributed by atoms with Crippen LogP contribution in [0.2, 0.25) is 0 Å². The Morgan fingerprint density at radius 2 is 1.93 bits per heavy atom. The van der Waals surface area contributed by atoms with E-state index in [9.17, 15) is 4.79 Å². The number of carbonyl (C=O) groups is 1. The van der Waals surface area contributed by atoms with Crippen LogP contribution in [0.15, 0.2) is 24.3 Å². The summed E-state index contributed by atoms with van der Waals surface area (Å²) >= 11 is 0. The van der Waals surface area contributed by atoms with Crippen LogP contribution >= 0.6 is 0 Å². The Morgan fingerprint density at radius 1 is 1.36 bits per heavy atom. The molecule has 0 aliphatic rings. The van der Waals surface area contributed by atoms with Crippen molar-refractivity contribution < 1.29 is 4.79 Å². The molecule has 1 aromatic carbocycles. The summed E-state index contributed by atoms with van der Waals surface area (Å²) in [7, 11) is 0. The maximum atomic E-state index is 10.9. The number of anilines is 1. The van der Waals surface area contributed by atoms with Crippen molar-refractivity contribution in [2.45, 2.75) is 20.8 Å². The zero-order valence-corrected chi connectivity index (χ0v) is 9.00. The first-order chi connectivity index (χ1) is 6.74. The molecule has 0 unspecified atom stereocenters. The lowest BCUT2D eigenvalue weighted by atomic mass is 10.2. The Morgan fingerprint density at radius 3 is 2.43 bits per heavy atom. The molecule has 0 heterocycles. The highest BCUT2D eigenvalue weighted by molar-refractivity contribution is 5.92. The van der Waals surface area contributed by atoms with Crippen molar-refractivity contribution in [3.63, 3.8) is 0 Å². The van der Waals surface area contributed by atoms with Crippen LogP contribution in [-0.4, -0.2) is 12.5 Å². The van der Waals surface area contributed by atoms with Crippen molar-refractivity contribution in [2.75, 3.05) is 11.9 Å². The summed E-state index contributed by atoms with van der Waals surface area (Å²) in [6, 6.07) is 7.58. The number of hydrogen-bond acceptors (Lipinski definition) is 2. The molecule has 1 amide bonds. The number of aryl methyl sites for hydroxylation is 1. The molecule has 0 saturated heterocycles. The summed E-state index contributed by atoms with van der Waals surface area (Å²) in [5.74, 6) is -0.163. The molecule has 0 bridgehead atoms. The minimum atomic E-state index is -0.163. The lowest BCUT2D eigenvalue weighted by molar-refractivity contribution is -0.114. The molecule has 3 nitrogen and oxygen atoms in total. The minimum Gasteiger partial charge on any atom is -0.325 e. The molecule has 3 N–H and O–H groups in total. The summed E-state index contributed by atoms with van der Waals surface area (Å²) in [6.07, 6.45) is 0. The Balaban J connectivity index is 0.000000791. The van der Waals surface area contributed by atoms with Gasteiger partial charge >= 0.3 is 0 Å². The zero-order chi connectivity index (χ0) is 11.0. The third-order valence-corrected chi connectivity index (χ3v) is 1.60. The predicted octanol–water partition coefficient (Wildman–Crippen LogP) is 1.92. The smallest absolute Gasteiger partial charge is 0.238 e. The number of carbonyl (C=O) groups excluding carboxylic acids is 1. The van der Waals surface area contributed by atoms with E-state index in [1.165, 1.54) is 0 Å². The van der Waals surface area contributed by atoms with Gasteiger partial charge in [-0.15, -0.1) is 0 Å². The number of para-hydroxylation sites is 1. The van der Waals surface area contributed by atoms with Gasteiger partial charge in [0.1, 0.15) is 0 Å². The summed E-state index contributed by atoms with van der Waals surface area (Å²) < 4.78 is 0. The van der Waals surface area contributed by atoms with Gasteiger partial charge in [0, 0.05) is 5.69 Å². The van der Waals surface area contributed by atoms with E-state index in [0.29, 0.717) is 0 Å². The van der Waals surface area contributed by atoms with Crippen LogP contribution in [-0.2, 0) is 4.79 Å². The van der Waals surface area contributed by atoms with Crippen LogP contribution in [0.5, 0.6) is 0 Å². The van der Waals surface area contributed by atoms with Crippen molar-refractivity contribution in [1.82, 2.24) is 0 Å². The Labute approximate surface area is 85.3 Å². The zero-order valence-electron chi connectivity index (χ0n) is 9.00. The van der Waals surface area contributed by atoms with Crippen LogP contribution in [0.4, 0.5) is 5.69 Å². The molecule has 0 aromatic heterocycles. The molecular formula is C11H18N2O. The first-order valence-corrected chi connectivity index (χ1v) is 4.79. The lowest BCUT2D eigenvalue weighted by Gasteiger charge is -2.05. The third-order valence-electron chi connectivity index (χ3n) is 1.60. The van der Waals surface area contributed by atoms with Crippen LogP contribution in [0.3, 0.4) is 0 Å². The van der Waals surface area contributed by atoms with Gasteiger partial charge in [-0.25, -0.2) is 0 Å². The van der Waals surface area contributed by atoms with Gasteiger partial charge in [0.25, 0.3) is 0 Å². The molecule has 0 fully saturated rings. The monoisotopic (exact) mass is 194 g/mol. The van der Waals surface area contributed by atoms with Crippen molar-refractivity contribution in [2.24, 2.45) is 5.73 Å². The van der Waals surface area contributed by atoms with Gasteiger partial charge in [0.2, 0.25) is 5.91 Å². The molecule has 1 aromatic rings. The number of rotatable bonds is 2. The highest BCUT2D eigenvalue weighted by Gasteiger charge is 1.99. The first kappa shape index (κ1) is 12.7. The molecule has 78 valence electrons. The molecule has 0 aliphatic carbocycles. The van der Waals surface area contributed by atoms with Crippen LogP contribution in [0, 0.1) is 6.92 Å². The molecule has 0 radical (unpaired) electrons. The normalized spacial score (nSPS) is 8.57. The van der Waals surface area contributed by atoms with Gasteiger partial charge in [-0.05, 0) is 18.6 Å². The topological polar surface area (TPSA) is 55.1 Å².